The average Bonchev–Trinajstić information content (AvgIpc) is 3.26. The van der Waals surface area contributed by atoms with Crippen LogP contribution in [0.25, 0.3) is 11.0 Å². The molecule has 2 atom stereocenters. The van der Waals surface area contributed by atoms with Crippen LogP contribution in [0.15, 0.2) is 52.1 Å². The monoisotopic (exact) mass is 536 g/mol. The highest BCUT2D eigenvalue weighted by atomic mass is 35.5. The molecule has 10 nitrogen and oxygen atoms in total. The van der Waals surface area contributed by atoms with Gasteiger partial charge in [0.05, 0.1) is 29.5 Å². The van der Waals surface area contributed by atoms with Gasteiger partial charge >= 0.3 is 23.5 Å². The minimum Gasteiger partial charge on any atom is -0.481 e. The van der Waals surface area contributed by atoms with Crippen molar-refractivity contribution in [1.29, 1.82) is 0 Å². The zero-order chi connectivity index (χ0) is 27.1. The molecular formula is C23H20ClF3N6O4. The molecule has 0 saturated carbocycles. The lowest BCUT2D eigenvalue weighted by Crippen LogP contribution is -2.46. The van der Waals surface area contributed by atoms with Gasteiger partial charge in [-0.25, -0.2) is 19.1 Å². The van der Waals surface area contributed by atoms with E-state index in [1.807, 2.05) is 0 Å². The molecule has 0 saturated heterocycles. The Hall–Kier alpha value is -4.13. The Bertz CT molecular complexity index is 1590. The number of carbonyl (C=O) groups is 1. The average molecular weight is 537 g/mol. The number of anilines is 2. The number of fused-ring (bicyclic) bond motifs is 1. The largest absolute Gasteiger partial charge is 0.481 e. The maximum absolute atomic E-state index is 13.5. The number of nitrogens with zero attached hydrogens (tertiary/aromatic N) is 4. The van der Waals surface area contributed by atoms with E-state index in [4.69, 9.17) is 11.6 Å². The number of alkyl halides is 3. The van der Waals surface area contributed by atoms with Gasteiger partial charge < -0.3 is 15.4 Å². The van der Waals surface area contributed by atoms with E-state index in [9.17, 15) is 32.7 Å². The molecule has 4 rings (SSSR count). The number of carboxylic acids is 1. The van der Waals surface area contributed by atoms with E-state index in [1.54, 1.807) is 24.3 Å². The molecule has 4 aromatic rings. The van der Waals surface area contributed by atoms with Crippen molar-refractivity contribution >= 4 is 40.2 Å². The van der Waals surface area contributed by atoms with Crippen molar-refractivity contribution in [3.05, 3.63) is 79.8 Å². The van der Waals surface area contributed by atoms with E-state index >= 15 is 0 Å². The Morgan fingerprint density at radius 2 is 1.81 bits per heavy atom. The molecule has 0 unspecified atom stereocenters. The number of H-pyrrole nitrogens is 1. The number of hydrogen-bond acceptors (Lipinski definition) is 6. The summed E-state index contributed by atoms with van der Waals surface area (Å²) in [6.45, 7) is 2.72. The quantitative estimate of drug-likeness (QED) is 0.324. The summed E-state index contributed by atoms with van der Waals surface area (Å²) in [7, 11) is 0. The van der Waals surface area contributed by atoms with Crippen LogP contribution in [0.2, 0.25) is 5.02 Å². The highest BCUT2D eigenvalue weighted by Gasteiger charge is 2.34. The van der Waals surface area contributed by atoms with Gasteiger partial charge in [0.15, 0.2) is 0 Å². The van der Waals surface area contributed by atoms with Gasteiger partial charge in [0.2, 0.25) is 11.8 Å². The Morgan fingerprint density at radius 3 is 2.43 bits per heavy atom. The van der Waals surface area contributed by atoms with Gasteiger partial charge in [0.1, 0.15) is 0 Å². The number of aliphatic carboxylic acids is 1. The fourth-order valence-electron chi connectivity index (χ4n) is 3.65. The van der Waals surface area contributed by atoms with E-state index in [-0.39, 0.29) is 29.2 Å². The summed E-state index contributed by atoms with van der Waals surface area (Å²) in [5, 5.41) is 12.6. The number of aromatic nitrogens is 5. The van der Waals surface area contributed by atoms with Crippen LogP contribution in [0.1, 0.15) is 31.3 Å². The number of rotatable bonds is 7. The lowest BCUT2D eigenvalue weighted by molar-refractivity contribution is -0.144. The standard InChI is InChI=1S/C23H20ClF3N6O4/c1-11(18(34)35)12(2)33-21(36)31-20(32(22(33)37)10-13-3-5-14(24)6-4-13)28-15-7-8-16-17(9-15)30-19(29-16)23(25,26)27/h3-9,11-12H,10H2,1-2H3,(H,29,30)(H,34,35)(H,28,31,36)/t11-,12+/m1/s1. The Labute approximate surface area is 211 Å². The molecule has 0 radical (unpaired) electrons. The molecule has 194 valence electrons. The minimum atomic E-state index is -4.67. The first-order valence-electron chi connectivity index (χ1n) is 10.9. The summed E-state index contributed by atoms with van der Waals surface area (Å²) in [5.41, 5.74) is -0.815. The number of aromatic amines is 1. The number of carboxylic acid groups (broad SMARTS) is 1. The molecule has 0 aliphatic heterocycles. The van der Waals surface area contributed by atoms with Gasteiger partial charge in [-0.1, -0.05) is 23.7 Å². The van der Waals surface area contributed by atoms with Crippen molar-refractivity contribution in [2.24, 2.45) is 5.92 Å². The maximum Gasteiger partial charge on any atom is 0.449 e. The summed E-state index contributed by atoms with van der Waals surface area (Å²) in [5.74, 6) is -3.62. The molecule has 2 aromatic heterocycles. The Morgan fingerprint density at radius 1 is 1.14 bits per heavy atom. The van der Waals surface area contributed by atoms with E-state index in [0.717, 1.165) is 9.13 Å². The smallest absolute Gasteiger partial charge is 0.449 e. The number of hydrogen-bond donors (Lipinski definition) is 3. The fourth-order valence-corrected chi connectivity index (χ4v) is 3.77. The molecule has 0 bridgehead atoms. The lowest BCUT2D eigenvalue weighted by Gasteiger charge is -2.21. The van der Waals surface area contributed by atoms with Gasteiger partial charge in [-0.3, -0.25) is 9.36 Å². The highest BCUT2D eigenvalue weighted by Crippen LogP contribution is 2.29. The summed E-state index contributed by atoms with van der Waals surface area (Å²) in [6, 6.07) is 9.61. The van der Waals surface area contributed by atoms with Crippen LogP contribution >= 0.6 is 11.6 Å². The topological polar surface area (TPSA) is 135 Å². The van der Waals surface area contributed by atoms with Crippen molar-refractivity contribution in [3.63, 3.8) is 0 Å². The highest BCUT2D eigenvalue weighted by molar-refractivity contribution is 6.30. The Kier molecular flexibility index (Phi) is 6.82. The zero-order valence-electron chi connectivity index (χ0n) is 19.4. The van der Waals surface area contributed by atoms with Crippen LogP contribution in [-0.4, -0.2) is 35.2 Å². The Balaban J connectivity index is 1.81. The molecular weight excluding hydrogens is 517 g/mol. The predicted molar refractivity (Wildman–Crippen MR) is 129 cm³/mol. The minimum absolute atomic E-state index is 0.0652. The third-order valence-corrected chi connectivity index (χ3v) is 6.13. The molecule has 37 heavy (non-hydrogen) atoms. The number of imidazole rings is 1. The normalized spacial score (nSPS) is 13.5. The van der Waals surface area contributed by atoms with Gasteiger partial charge in [-0.2, -0.15) is 18.2 Å². The van der Waals surface area contributed by atoms with Crippen LogP contribution < -0.4 is 16.7 Å². The molecule has 0 fully saturated rings. The molecule has 0 amide bonds. The van der Waals surface area contributed by atoms with Crippen molar-refractivity contribution in [3.8, 4) is 0 Å². The van der Waals surface area contributed by atoms with Crippen molar-refractivity contribution in [2.45, 2.75) is 32.6 Å². The number of halogens is 4. The third-order valence-electron chi connectivity index (χ3n) is 5.88. The first kappa shape index (κ1) is 25.9. The summed E-state index contributed by atoms with van der Waals surface area (Å²) >= 11 is 5.94. The van der Waals surface area contributed by atoms with Gasteiger partial charge in [-0.15, -0.1) is 0 Å². The van der Waals surface area contributed by atoms with Crippen LogP contribution in [0.3, 0.4) is 0 Å². The van der Waals surface area contributed by atoms with E-state index < -0.39 is 41.3 Å². The molecule has 0 spiro atoms. The first-order chi connectivity index (χ1) is 17.3. The number of nitrogens with one attached hydrogen (secondary N) is 2. The SMILES string of the molecule is C[C@@H](C(=O)O)[C@H](C)n1c(=O)nc(Nc2ccc3nc(C(F)(F)F)[nH]c3c2)n(Cc2ccc(Cl)cc2)c1=O. The summed E-state index contributed by atoms with van der Waals surface area (Å²) in [4.78, 5) is 47.4. The molecule has 2 heterocycles. The van der Waals surface area contributed by atoms with Crippen molar-refractivity contribution in [1.82, 2.24) is 24.1 Å². The molecule has 3 N–H and O–H groups in total. The van der Waals surface area contributed by atoms with E-state index in [2.05, 4.69) is 20.3 Å². The second kappa shape index (κ2) is 9.73. The van der Waals surface area contributed by atoms with Gasteiger partial charge in [0.25, 0.3) is 0 Å². The van der Waals surface area contributed by atoms with E-state index in [0.29, 0.717) is 10.6 Å². The van der Waals surface area contributed by atoms with E-state index in [1.165, 1.54) is 32.0 Å². The molecule has 0 aliphatic carbocycles. The third kappa shape index (κ3) is 5.35. The van der Waals surface area contributed by atoms with Crippen molar-refractivity contribution < 1.29 is 23.1 Å². The summed E-state index contributed by atoms with van der Waals surface area (Å²) in [6.07, 6.45) is -4.67. The fraction of sp³-hybridized carbons (Fsp3) is 0.261. The van der Waals surface area contributed by atoms with Crippen LogP contribution in [0.4, 0.5) is 24.8 Å². The van der Waals surface area contributed by atoms with Crippen LogP contribution in [-0.2, 0) is 17.5 Å². The molecule has 14 heteroatoms. The predicted octanol–water partition coefficient (Wildman–Crippen LogP) is 4.03. The van der Waals surface area contributed by atoms with Crippen LogP contribution in [0, 0.1) is 5.92 Å². The van der Waals surface area contributed by atoms with Crippen molar-refractivity contribution in [2.75, 3.05) is 5.32 Å². The second-order valence-corrected chi connectivity index (χ2v) is 8.83. The first-order valence-corrected chi connectivity index (χ1v) is 11.3. The van der Waals surface area contributed by atoms with Gasteiger partial charge in [0, 0.05) is 10.7 Å². The second-order valence-electron chi connectivity index (χ2n) is 8.39. The van der Waals surface area contributed by atoms with Gasteiger partial charge in [-0.05, 0) is 49.7 Å². The zero-order valence-corrected chi connectivity index (χ0v) is 20.1. The molecule has 2 aromatic carbocycles. The number of benzene rings is 2. The summed E-state index contributed by atoms with van der Waals surface area (Å²) < 4.78 is 40.9. The molecule has 0 aliphatic rings. The lowest BCUT2D eigenvalue weighted by atomic mass is 10.0. The maximum atomic E-state index is 13.5. The van der Waals surface area contributed by atoms with Crippen LogP contribution in [0.5, 0.6) is 0 Å².